The molecule has 2 aliphatic heterocycles. The van der Waals surface area contributed by atoms with E-state index in [2.05, 4.69) is 5.32 Å². The maximum Gasteiger partial charge on any atom is 0.217 e. The number of hydrogen-bond donors (Lipinski definition) is 10. The predicted molar refractivity (Wildman–Crippen MR) is 107 cm³/mol. The SMILES string of the molecule is CC(=O)N[C@H](C(O)O)C(O[C@@H]1OC(CO)[C@H](O)C(O)[C@@H]1O)[C@@H](C)O[C@@H]1OC(C)[C@@H](O)C(O)[C@H]1O. The van der Waals surface area contributed by atoms with E-state index in [9.17, 15) is 50.8 Å². The zero-order valence-electron chi connectivity index (χ0n) is 18.9. The Hall–Kier alpha value is -1.05. The molecule has 0 spiro atoms. The van der Waals surface area contributed by atoms with Gasteiger partial charge in [-0.1, -0.05) is 0 Å². The van der Waals surface area contributed by atoms with Gasteiger partial charge < -0.3 is 70.2 Å². The Morgan fingerprint density at radius 3 is 1.91 bits per heavy atom. The molecule has 15 heteroatoms. The molecule has 0 bridgehead atoms. The number of carbonyl (C=O) groups excluding carboxylic acids is 1. The lowest BCUT2D eigenvalue weighted by Crippen LogP contribution is -2.64. The smallest absolute Gasteiger partial charge is 0.217 e. The molecule has 1 amide bonds. The molecule has 200 valence electrons. The van der Waals surface area contributed by atoms with Gasteiger partial charge in [-0.2, -0.15) is 0 Å². The molecular weight excluding hydrogens is 466 g/mol. The van der Waals surface area contributed by atoms with Gasteiger partial charge in [-0.25, -0.2) is 0 Å². The van der Waals surface area contributed by atoms with E-state index < -0.39 is 98.5 Å². The summed E-state index contributed by atoms with van der Waals surface area (Å²) in [5.41, 5.74) is 0. The topological polar surface area (TPSA) is 248 Å². The van der Waals surface area contributed by atoms with Gasteiger partial charge in [0, 0.05) is 6.92 Å². The standard InChI is InChI=1S/C19H35NO14/c1-5-10(23)12(25)14(27)18(31-5)32-6(2)16(9(17(29)30)20-7(3)22)34-19-15(28)13(26)11(24)8(4-21)33-19/h5-6,8-19,21,23-30H,4H2,1-3H3,(H,20,22)/t5?,6-,8?,9+,10-,11+,12?,13?,14-,15+,16?,18+,19+/m1/s1. The molecule has 2 aliphatic rings. The van der Waals surface area contributed by atoms with Gasteiger partial charge >= 0.3 is 0 Å². The van der Waals surface area contributed by atoms with Crippen molar-refractivity contribution in [1.29, 1.82) is 0 Å². The van der Waals surface area contributed by atoms with Gasteiger partial charge in [0.25, 0.3) is 0 Å². The highest BCUT2D eigenvalue weighted by atomic mass is 16.7. The van der Waals surface area contributed by atoms with E-state index in [0.29, 0.717) is 0 Å². The Labute approximate surface area is 195 Å². The molecule has 0 saturated carbocycles. The van der Waals surface area contributed by atoms with Gasteiger partial charge in [-0.3, -0.25) is 4.79 Å². The van der Waals surface area contributed by atoms with Gasteiger partial charge in [-0.05, 0) is 13.8 Å². The van der Waals surface area contributed by atoms with Crippen LogP contribution in [-0.2, 0) is 23.7 Å². The summed E-state index contributed by atoms with van der Waals surface area (Å²) in [6, 6.07) is -1.60. The van der Waals surface area contributed by atoms with Crippen LogP contribution < -0.4 is 5.32 Å². The quantitative estimate of drug-likeness (QED) is 0.132. The van der Waals surface area contributed by atoms with Crippen LogP contribution in [0.2, 0.25) is 0 Å². The molecule has 0 radical (unpaired) electrons. The summed E-state index contributed by atoms with van der Waals surface area (Å²) < 4.78 is 21.9. The number of ether oxygens (including phenoxy) is 4. The lowest BCUT2D eigenvalue weighted by molar-refractivity contribution is -0.341. The van der Waals surface area contributed by atoms with E-state index >= 15 is 0 Å². The van der Waals surface area contributed by atoms with Gasteiger partial charge in [0.15, 0.2) is 18.9 Å². The highest BCUT2D eigenvalue weighted by Crippen LogP contribution is 2.28. The Bertz CT molecular complexity index is 652. The second-order valence-corrected chi connectivity index (χ2v) is 8.46. The second kappa shape index (κ2) is 12.3. The van der Waals surface area contributed by atoms with E-state index in [4.69, 9.17) is 18.9 Å². The van der Waals surface area contributed by atoms with Crippen molar-refractivity contribution < 1.29 is 69.7 Å². The summed E-state index contributed by atoms with van der Waals surface area (Å²) in [7, 11) is 0. The molecule has 10 N–H and O–H groups in total. The summed E-state index contributed by atoms with van der Waals surface area (Å²) in [5.74, 6) is -0.700. The first-order valence-electron chi connectivity index (χ1n) is 10.7. The fourth-order valence-electron chi connectivity index (χ4n) is 3.80. The van der Waals surface area contributed by atoms with Crippen LogP contribution in [0.15, 0.2) is 0 Å². The third kappa shape index (κ3) is 6.58. The Kier molecular flexibility index (Phi) is 10.5. The number of hydrogen-bond acceptors (Lipinski definition) is 14. The molecule has 2 rings (SSSR count). The van der Waals surface area contributed by atoms with Gasteiger partial charge in [0.2, 0.25) is 5.91 Å². The first-order valence-corrected chi connectivity index (χ1v) is 10.7. The molecule has 0 aromatic rings. The molecule has 13 atom stereocenters. The summed E-state index contributed by atoms with van der Waals surface area (Å²) in [6.07, 6.45) is -20.7. The molecule has 0 aromatic heterocycles. The summed E-state index contributed by atoms with van der Waals surface area (Å²) in [6.45, 7) is 3.07. The number of carbonyl (C=O) groups is 1. The third-order valence-electron chi connectivity index (χ3n) is 5.80. The largest absolute Gasteiger partial charge is 0.394 e. The van der Waals surface area contributed by atoms with Crippen molar-refractivity contribution >= 4 is 5.91 Å². The number of aliphatic hydroxyl groups is 9. The number of rotatable bonds is 9. The van der Waals surface area contributed by atoms with Crippen LogP contribution >= 0.6 is 0 Å². The molecule has 2 fully saturated rings. The van der Waals surface area contributed by atoms with Crippen LogP contribution in [0.3, 0.4) is 0 Å². The Balaban J connectivity index is 2.29. The van der Waals surface area contributed by atoms with Crippen LogP contribution in [-0.4, -0.2) is 144 Å². The minimum atomic E-state index is -2.23. The molecule has 2 saturated heterocycles. The zero-order chi connectivity index (χ0) is 25.9. The average Bonchev–Trinajstić information content (AvgIpc) is 2.77. The normalized spacial score (nSPS) is 41.7. The van der Waals surface area contributed by atoms with Crippen molar-refractivity contribution in [1.82, 2.24) is 5.32 Å². The predicted octanol–water partition coefficient (Wildman–Crippen LogP) is -5.78. The summed E-state index contributed by atoms with van der Waals surface area (Å²) in [4.78, 5) is 11.7. The highest BCUT2D eigenvalue weighted by Gasteiger charge is 2.48. The van der Waals surface area contributed by atoms with E-state index in [-0.39, 0.29) is 0 Å². The monoisotopic (exact) mass is 501 g/mol. The van der Waals surface area contributed by atoms with Crippen molar-refractivity contribution in [3.05, 3.63) is 0 Å². The van der Waals surface area contributed by atoms with Gasteiger partial charge in [0.1, 0.15) is 54.9 Å². The number of amides is 1. The van der Waals surface area contributed by atoms with Crippen LogP contribution in [0.25, 0.3) is 0 Å². The highest BCUT2D eigenvalue weighted by molar-refractivity contribution is 5.73. The number of aliphatic hydroxyl groups excluding tert-OH is 8. The molecule has 2 heterocycles. The maximum absolute atomic E-state index is 11.7. The summed E-state index contributed by atoms with van der Waals surface area (Å²) in [5, 5.41) is 91.7. The fraction of sp³-hybridized carbons (Fsp3) is 0.947. The van der Waals surface area contributed by atoms with Crippen LogP contribution in [0, 0.1) is 0 Å². The minimum absolute atomic E-state index is 0.700. The molecule has 34 heavy (non-hydrogen) atoms. The third-order valence-corrected chi connectivity index (χ3v) is 5.80. The zero-order valence-corrected chi connectivity index (χ0v) is 18.9. The second-order valence-electron chi connectivity index (χ2n) is 8.46. The lowest BCUT2D eigenvalue weighted by atomic mass is 9.98. The van der Waals surface area contributed by atoms with E-state index in [0.717, 1.165) is 6.92 Å². The van der Waals surface area contributed by atoms with E-state index in [1.54, 1.807) is 0 Å². The van der Waals surface area contributed by atoms with Crippen molar-refractivity contribution in [3.63, 3.8) is 0 Å². The van der Waals surface area contributed by atoms with Crippen molar-refractivity contribution in [2.75, 3.05) is 6.61 Å². The minimum Gasteiger partial charge on any atom is -0.394 e. The molecule has 0 aliphatic carbocycles. The number of nitrogens with one attached hydrogen (secondary N) is 1. The van der Waals surface area contributed by atoms with Crippen molar-refractivity contribution in [3.8, 4) is 0 Å². The van der Waals surface area contributed by atoms with Crippen LogP contribution in [0.4, 0.5) is 0 Å². The fourth-order valence-corrected chi connectivity index (χ4v) is 3.80. The average molecular weight is 501 g/mol. The van der Waals surface area contributed by atoms with Crippen LogP contribution in [0.5, 0.6) is 0 Å². The van der Waals surface area contributed by atoms with E-state index in [1.165, 1.54) is 13.8 Å². The van der Waals surface area contributed by atoms with Gasteiger partial charge in [-0.15, -0.1) is 0 Å². The van der Waals surface area contributed by atoms with Crippen molar-refractivity contribution in [2.45, 2.75) is 107 Å². The first kappa shape index (κ1) is 29.2. The molecule has 15 nitrogen and oxygen atoms in total. The van der Waals surface area contributed by atoms with E-state index in [1.807, 2.05) is 0 Å². The Morgan fingerprint density at radius 1 is 0.882 bits per heavy atom. The lowest BCUT2D eigenvalue weighted by Gasteiger charge is -2.44. The van der Waals surface area contributed by atoms with Crippen LogP contribution in [0.1, 0.15) is 20.8 Å². The van der Waals surface area contributed by atoms with Crippen molar-refractivity contribution in [2.24, 2.45) is 0 Å². The Morgan fingerprint density at radius 2 is 1.41 bits per heavy atom. The van der Waals surface area contributed by atoms with Gasteiger partial charge in [0.05, 0.1) is 18.8 Å². The molecular formula is C19H35NO14. The molecule has 5 unspecified atom stereocenters. The first-order chi connectivity index (χ1) is 15.8. The summed E-state index contributed by atoms with van der Waals surface area (Å²) >= 11 is 0. The molecule has 0 aromatic carbocycles. The maximum atomic E-state index is 11.7.